The predicted molar refractivity (Wildman–Crippen MR) is 82.0 cm³/mol. The molecule has 1 aliphatic carbocycles. The highest BCUT2D eigenvalue weighted by Gasteiger charge is 2.41. The van der Waals surface area contributed by atoms with Crippen LogP contribution in [-0.4, -0.2) is 11.8 Å². The lowest BCUT2D eigenvalue weighted by molar-refractivity contribution is -0.137. The van der Waals surface area contributed by atoms with Crippen LogP contribution in [0.1, 0.15) is 50.0 Å². The number of imide groups is 1. The van der Waals surface area contributed by atoms with Gasteiger partial charge in [-0.15, -0.1) is 0 Å². The molecule has 1 aliphatic heterocycles. The van der Waals surface area contributed by atoms with Gasteiger partial charge in [-0.25, -0.2) is 0 Å². The van der Waals surface area contributed by atoms with Crippen molar-refractivity contribution in [2.75, 3.05) is 0 Å². The Hall–Kier alpha value is -1.35. The van der Waals surface area contributed by atoms with E-state index in [1.807, 2.05) is 24.3 Å². The van der Waals surface area contributed by atoms with Gasteiger partial charge in [0.15, 0.2) is 0 Å². The molecule has 112 valence electrons. The fourth-order valence-electron chi connectivity index (χ4n) is 3.89. The fraction of sp³-hybridized carbons (Fsp3) is 0.529. The molecule has 2 amide bonds. The third kappa shape index (κ3) is 2.98. The van der Waals surface area contributed by atoms with E-state index in [0.29, 0.717) is 17.4 Å². The molecule has 2 unspecified atom stereocenters. The lowest BCUT2D eigenvalue weighted by atomic mass is 9.69. The van der Waals surface area contributed by atoms with Crippen molar-refractivity contribution in [1.29, 1.82) is 0 Å². The number of rotatable bonds is 2. The molecule has 2 aliphatic rings. The third-order valence-electron chi connectivity index (χ3n) is 4.89. The van der Waals surface area contributed by atoms with Crippen molar-refractivity contribution in [2.24, 2.45) is 11.8 Å². The minimum absolute atomic E-state index is 0.0893. The topological polar surface area (TPSA) is 46.2 Å². The van der Waals surface area contributed by atoms with Gasteiger partial charge >= 0.3 is 0 Å². The van der Waals surface area contributed by atoms with Crippen molar-refractivity contribution < 1.29 is 9.59 Å². The van der Waals surface area contributed by atoms with E-state index in [1.54, 1.807) is 0 Å². The smallest absolute Gasteiger partial charge is 0.234 e. The number of amides is 2. The Labute approximate surface area is 130 Å². The van der Waals surface area contributed by atoms with Crippen LogP contribution < -0.4 is 5.32 Å². The van der Waals surface area contributed by atoms with Crippen LogP contribution in [0.3, 0.4) is 0 Å². The van der Waals surface area contributed by atoms with Crippen LogP contribution in [0.15, 0.2) is 24.3 Å². The summed E-state index contributed by atoms with van der Waals surface area (Å²) in [6.45, 7) is 0. The summed E-state index contributed by atoms with van der Waals surface area (Å²) in [6.07, 6.45) is 6.34. The quantitative estimate of drug-likeness (QED) is 0.847. The minimum atomic E-state index is -0.292. The lowest BCUT2D eigenvalue weighted by Crippen LogP contribution is -2.47. The van der Waals surface area contributed by atoms with Gasteiger partial charge in [-0.1, -0.05) is 61.9 Å². The number of hydrogen-bond donors (Lipinski definition) is 1. The Bertz CT molecular complexity index is 551. The average molecular weight is 306 g/mol. The van der Waals surface area contributed by atoms with E-state index in [2.05, 4.69) is 5.32 Å². The fourth-order valence-corrected chi connectivity index (χ4v) is 4.15. The maximum absolute atomic E-state index is 12.4. The Morgan fingerprint density at radius 1 is 1.05 bits per heavy atom. The van der Waals surface area contributed by atoms with Crippen molar-refractivity contribution in [3.63, 3.8) is 0 Å². The molecule has 1 aromatic rings. The number of carbonyl (C=O) groups is 2. The highest BCUT2D eigenvalue weighted by molar-refractivity contribution is 6.31. The second-order valence-electron chi connectivity index (χ2n) is 6.18. The molecule has 21 heavy (non-hydrogen) atoms. The number of piperidine rings is 1. The van der Waals surface area contributed by atoms with Crippen LogP contribution >= 0.6 is 11.6 Å². The lowest BCUT2D eigenvalue weighted by Gasteiger charge is -2.38. The summed E-state index contributed by atoms with van der Waals surface area (Å²) in [4.78, 5) is 24.2. The molecule has 1 saturated carbocycles. The number of nitrogens with one attached hydrogen (secondary N) is 1. The SMILES string of the molecule is O=C1CC(C2CCCCC2)C(c2ccccc2Cl)C(=O)N1. The molecule has 1 heterocycles. The summed E-state index contributed by atoms with van der Waals surface area (Å²) in [5.41, 5.74) is 0.861. The molecule has 1 saturated heterocycles. The van der Waals surface area contributed by atoms with E-state index < -0.39 is 0 Å². The maximum atomic E-state index is 12.4. The number of hydrogen-bond acceptors (Lipinski definition) is 2. The molecule has 4 heteroatoms. The van der Waals surface area contributed by atoms with Crippen LogP contribution in [-0.2, 0) is 9.59 Å². The van der Waals surface area contributed by atoms with Gasteiger partial charge in [-0.3, -0.25) is 14.9 Å². The summed E-state index contributed by atoms with van der Waals surface area (Å²) < 4.78 is 0. The third-order valence-corrected chi connectivity index (χ3v) is 5.23. The highest BCUT2D eigenvalue weighted by atomic mass is 35.5. The molecule has 2 atom stereocenters. The molecule has 1 aromatic carbocycles. The summed E-state index contributed by atoms with van der Waals surface area (Å²) >= 11 is 6.30. The summed E-state index contributed by atoms with van der Waals surface area (Å²) in [5, 5.41) is 3.11. The van der Waals surface area contributed by atoms with Crippen LogP contribution in [0.2, 0.25) is 5.02 Å². The number of halogens is 1. The number of benzene rings is 1. The van der Waals surface area contributed by atoms with Gasteiger partial charge in [0.25, 0.3) is 0 Å². The first kappa shape index (κ1) is 14.6. The van der Waals surface area contributed by atoms with E-state index in [1.165, 1.54) is 19.3 Å². The van der Waals surface area contributed by atoms with Gasteiger partial charge in [-0.2, -0.15) is 0 Å². The van der Waals surface area contributed by atoms with Gasteiger partial charge < -0.3 is 0 Å². The predicted octanol–water partition coefficient (Wildman–Crippen LogP) is 3.67. The zero-order valence-corrected chi connectivity index (χ0v) is 12.7. The second kappa shape index (κ2) is 6.18. The first-order valence-corrected chi connectivity index (χ1v) is 8.12. The van der Waals surface area contributed by atoms with Gasteiger partial charge in [0.2, 0.25) is 11.8 Å². The summed E-state index contributed by atoms with van der Waals surface area (Å²) in [7, 11) is 0. The second-order valence-corrected chi connectivity index (χ2v) is 6.58. The Morgan fingerprint density at radius 3 is 2.48 bits per heavy atom. The van der Waals surface area contributed by atoms with Crippen LogP contribution in [0.4, 0.5) is 0 Å². The van der Waals surface area contributed by atoms with Crippen molar-refractivity contribution in [2.45, 2.75) is 44.4 Å². The molecule has 1 N–H and O–H groups in total. The van der Waals surface area contributed by atoms with Crippen LogP contribution in [0.25, 0.3) is 0 Å². The van der Waals surface area contributed by atoms with Crippen LogP contribution in [0.5, 0.6) is 0 Å². The zero-order chi connectivity index (χ0) is 14.8. The first-order valence-electron chi connectivity index (χ1n) is 7.75. The first-order chi connectivity index (χ1) is 10.2. The minimum Gasteiger partial charge on any atom is -0.296 e. The zero-order valence-electron chi connectivity index (χ0n) is 12.0. The van der Waals surface area contributed by atoms with E-state index in [9.17, 15) is 9.59 Å². The Kier molecular flexibility index (Phi) is 4.29. The summed E-state index contributed by atoms with van der Waals surface area (Å²) in [5.74, 6) is -0.0743. The summed E-state index contributed by atoms with van der Waals surface area (Å²) in [6, 6.07) is 7.51. The maximum Gasteiger partial charge on any atom is 0.234 e. The van der Waals surface area contributed by atoms with Gasteiger partial charge in [0.1, 0.15) is 0 Å². The van der Waals surface area contributed by atoms with Gasteiger partial charge in [0, 0.05) is 11.4 Å². The van der Waals surface area contributed by atoms with E-state index in [4.69, 9.17) is 11.6 Å². The van der Waals surface area contributed by atoms with Gasteiger partial charge in [-0.05, 0) is 23.5 Å². The molecule has 2 fully saturated rings. The van der Waals surface area contributed by atoms with E-state index in [0.717, 1.165) is 18.4 Å². The van der Waals surface area contributed by atoms with Crippen LogP contribution in [0, 0.1) is 11.8 Å². The monoisotopic (exact) mass is 305 g/mol. The average Bonchev–Trinajstić information content (AvgIpc) is 2.49. The highest BCUT2D eigenvalue weighted by Crippen LogP contribution is 2.43. The Morgan fingerprint density at radius 2 is 1.76 bits per heavy atom. The Balaban J connectivity index is 1.94. The molecule has 0 aromatic heterocycles. The van der Waals surface area contributed by atoms with Crippen molar-refractivity contribution in [3.8, 4) is 0 Å². The van der Waals surface area contributed by atoms with Crippen molar-refractivity contribution >= 4 is 23.4 Å². The molecular formula is C17H20ClNO2. The normalized spacial score (nSPS) is 27.5. The standard InChI is InChI=1S/C17H20ClNO2/c18-14-9-5-4-8-12(14)16-13(10-15(20)19-17(16)21)11-6-2-1-3-7-11/h4-5,8-9,11,13,16H,1-3,6-7,10H2,(H,19,20,21). The van der Waals surface area contributed by atoms with Crippen molar-refractivity contribution in [3.05, 3.63) is 34.9 Å². The molecular weight excluding hydrogens is 286 g/mol. The van der Waals surface area contributed by atoms with Gasteiger partial charge in [0.05, 0.1) is 5.92 Å². The molecule has 3 rings (SSSR count). The molecule has 0 spiro atoms. The molecule has 0 bridgehead atoms. The molecule has 3 nitrogen and oxygen atoms in total. The van der Waals surface area contributed by atoms with Crippen molar-refractivity contribution in [1.82, 2.24) is 5.32 Å². The van der Waals surface area contributed by atoms with E-state index in [-0.39, 0.29) is 23.7 Å². The molecule has 0 radical (unpaired) electrons. The largest absolute Gasteiger partial charge is 0.296 e. The van der Waals surface area contributed by atoms with E-state index >= 15 is 0 Å². The number of carbonyl (C=O) groups excluding carboxylic acids is 2.